The van der Waals surface area contributed by atoms with E-state index >= 15 is 0 Å². The molecule has 0 aromatic carbocycles. The highest BCUT2D eigenvalue weighted by Crippen LogP contribution is 2.46. The minimum atomic E-state index is -0.568. The third kappa shape index (κ3) is 3.00. The van der Waals surface area contributed by atoms with Crippen LogP contribution in [0.15, 0.2) is 6.20 Å². The molecule has 3 fully saturated rings. The van der Waals surface area contributed by atoms with Crippen LogP contribution in [-0.4, -0.2) is 45.4 Å². The van der Waals surface area contributed by atoms with Gasteiger partial charge in [0.1, 0.15) is 5.60 Å². The van der Waals surface area contributed by atoms with E-state index in [1.165, 1.54) is 0 Å². The number of nitrogens with zero attached hydrogens (tertiary/aromatic N) is 3. The lowest BCUT2D eigenvalue weighted by molar-refractivity contribution is -0.156. The molecule has 1 aromatic heterocycles. The Labute approximate surface area is 165 Å². The number of aromatic nitrogens is 2. The van der Waals surface area contributed by atoms with Gasteiger partial charge in [-0.3, -0.25) is 9.59 Å². The molecule has 7 nitrogen and oxygen atoms in total. The van der Waals surface area contributed by atoms with Crippen molar-refractivity contribution in [1.29, 1.82) is 0 Å². The smallest absolute Gasteiger partial charge is 0.307 e. The van der Waals surface area contributed by atoms with Gasteiger partial charge < -0.3 is 15.0 Å². The maximum Gasteiger partial charge on any atom is 0.307 e. The van der Waals surface area contributed by atoms with Crippen molar-refractivity contribution < 1.29 is 14.3 Å². The Bertz CT molecular complexity index is 790. The van der Waals surface area contributed by atoms with E-state index in [0.717, 1.165) is 81.5 Å². The summed E-state index contributed by atoms with van der Waals surface area (Å²) in [5.41, 5.74) is 1.69. The Morgan fingerprint density at radius 1 is 1.25 bits per heavy atom. The second kappa shape index (κ2) is 7.10. The molecule has 1 aromatic rings. The number of nitrogens with one attached hydrogen (secondary N) is 1. The average Bonchev–Trinajstić information content (AvgIpc) is 3.33. The molecule has 150 valence electrons. The molecule has 2 atom stereocenters. The van der Waals surface area contributed by atoms with E-state index in [1.54, 1.807) is 0 Å². The summed E-state index contributed by atoms with van der Waals surface area (Å²) in [7, 11) is 0. The van der Waals surface area contributed by atoms with Gasteiger partial charge in [0, 0.05) is 43.5 Å². The second-order valence-corrected chi connectivity index (χ2v) is 8.67. The Balaban J connectivity index is 1.40. The summed E-state index contributed by atoms with van der Waals surface area (Å²) >= 11 is 0. The molecule has 4 aliphatic rings. The molecule has 28 heavy (non-hydrogen) atoms. The minimum absolute atomic E-state index is 0.0678. The SMILES string of the molecule is O=C1C[C@H](C(=O)N2CCC[C@H]2c2ncc3c(n2)CCNC3)C2(CCCCC2)O1. The minimum Gasteiger partial charge on any atom is -0.458 e. The van der Waals surface area contributed by atoms with Gasteiger partial charge in [-0.15, -0.1) is 0 Å². The van der Waals surface area contributed by atoms with Gasteiger partial charge in [-0.2, -0.15) is 0 Å². The number of hydrogen-bond acceptors (Lipinski definition) is 6. The molecule has 0 radical (unpaired) electrons. The molecule has 1 amide bonds. The number of fused-ring (bicyclic) bond motifs is 1. The summed E-state index contributed by atoms with van der Waals surface area (Å²) in [4.78, 5) is 37.1. The first-order valence-corrected chi connectivity index (χ1v) is 10.7. The van der Waals surface area contributed by atoms with Crippen LogP contribution in [0.1, 0.15) is 74.5 Å². The van der Waals surface area contributed by atoms with Gasteiger partial charge in [-0.05, 0) is 38.5 Å². The van der Waals surface area contributed by atoms with Crippen LogP contribution in [0.4, 0.5) is 0 Å². The van der Waals surface area contributed by atoms with Gasteiger partial charge in [0.05, 0.1) is 18.4 Å². The molecule has 4 heterocycles. The fourth-order valence-electron chi connectivity index (χ4n) is 5.52. The van der Waals surface area contributed by atoms with Crippen LogP contribution in [0.3, 0.4) is 0 Å². The number of rotatable bonds is 2. The standard InChI is InChI=1S/C21H28N4O3/c26-18-11-15(21(28-18)7-2-1-3-8-21)20(27)25-10-4-5-17(25)19-23-13-14-12-22-9-6-16(14)24-19/h13,15,17,22H,1-12H2/t15-,17+/m1/s1. The van der Waals surface area contributed by atoms with E-state index in [0.29, 0.717) is 6.54 Å². The first kappa shape index (κ1) is 18.0. The summed E-state index contributed by atoms with van der Waals surface area (Å²) < 4.78 is 5.77. The van der Waals surface area contributed by atoms with Crippen molar-refractivity contribution in [3.63, 3.8) is 0 Å². The normalized spacial score (nSPS) is 29.0. The van der Waals surface area contributed by atoms with Crippen molar-refractivity contribution in [3.8, 4) is 0 Å². The van der Waals surface area contributed by atoms with Crippen LogP contribution in [0, 0.1) is 5.92 Å². The molecular weight excluding hydrogens is 356 g/mol. The van der Waals surface area contributed by atoms with Gasteiger partial charge in [0.2, 0.25) is 5.91 Å². The van der Waals surface area contributed by atoms with Crippen LogP contribution < -0.4 is 5.32 Å². The van der Waals surface area contributed by atoms with Gasteiger partial charge in [0.25, 0.3) is 0 Å². The second-order valence-electron chi connectivity index (χ2n) is 8.67. The number of likely N-dealkylation sites (tertiary alicyclic amines) is 1. The van der Waals surface area contributed by atoms with Crippen molar-refractivity contribution in [3.05, 3.63) is 23.3 Å². The number of carbonyl (C=O) groups is 2. The van der Waals surface area contributed by atoms with E-state index < -0.39 is 5.60 Å². The molecule has 5 rings (SSSR count). The quantitative estimate of drug-likeness (QED) is 0.786. The van der Waals surface area contributed by atoms with Crippen LogP contribution in [0.25, 0.3) is 0 Å². The molecule has 2 saturated heterocycles. The van der Waals surface area contributed by atoms with Crippen molar-refractivity contribution in [2.45, 2.75) is 76.0 Å². The van der Waals surface area contributed by atoms with E-state index in [1.807, 2.05) is 11.1 Å². The molecule has 7 heteroatoms. The molecule has 1 spiro atoms. The van der Waals surface area contributed by atoms with Gasteiger partial charge >= 0.3 is 5.97 Å². The van der Waals surface area contributed by atoms with Gasteiger partial charge in [-0.25, -0.2) is 9.97 Å². The van der Waals surface area contributed by atoms with Crippen LogP contribution >= 0.6 is 0 Å². The zero-order valence-corrected chi connectivity index (χ0v) is 16.3. The predicted octanol–water partition coefficient (Wildman–Crippen LogP) is 2.05. The summed E-state index contributed by atoms with van der Waals surface area (Å²) in [5.74, 6) is 0.268. The molecular formula is C21H28N4O3. The van der Waals surface area contributed by atoms with Crippen molar-refractivity contribution in [2.75, 3.05) is 13.1 Å². The number of esters is 1. The number of amides is 1. The third-order valence-corrected chi connectivity index (χ3v) is 6.98. The lowest BCUT2D eigenvalue weighted by Crippen LogP contribution is -2.47. The fourth-order valence-corrected chi connectivity index (χ4v) is 5.52. The van der Waals surface area contributed by atoms with Crippen molar-refractivity contribution in [2.24, 2.45) is 5.92 Å². The summed E-state index contributed by atoms with van der Waals surface area (Å²) in [5, 5.41) is 3.34. The first-order chi connectivity index (χ1) is 13.7. The monoisotopic (exact) mass is 384 g/mol. The highest BCUT2D eigenvalue weighted by Gasteiger charge is 2.54. The zero-order chi connectivity index (χ0) is 19.1. The Morgan fingerprint density at radius 2 is 2.11 bits per heavy atom. The Morgan fingerprint density at radius 3 is 2.96 bits per heavy atom. The molecule has 1 aliphatic carbocycles. The van der Waals surface area contributed by atoms with Crippen LogP contribution in [-0.2, 0) is 27.3 Å². The molecule has 0 bridgehead atoms. The summed E-state index contributed by atoms with van der Waals surface area (Å²) in [6.45, 7) is 2.46. The summed E-state index contributed by atoms with van der Waals surface area (Å²) in [6.07, 6.45) is 9.72. The zero-order valence-electron chi connectivity index (χ0n) is 16.3. The van der Waals surface area contributed by atoms with Gasteiger partial charge in [0.15, 0.2) is 5.82 Å². The Kier molecular flexibility index (Phi) is 4.57. The van der Waals surface area contributed by atoms with E-state index in [-0.39, 0.29) is 30.3 Å². The lowest BCUT2D eigenvalue weighted by atomic mass is 9.75. The first-order valence-electron chi connectivity index (χ1n) is 10.7. The number of hydrogen-bond donors (Lipinski definition) is 1. The summed E-state index contributed by atoms with van der Waals surface area (Å²) in [6, 6.07) is -0.0796. The lowest BCUT2D eigenvalue weighted by Gasteiger charge is -2.38. The van der Waals surface area contributed by atoms with E-state index in [2.05, 4.69) is 10.3 Å². The number of carbonyl (C=O) groups excluding carboxylic acids is 2. The largest absolute Gasteiger partial charge is 0.458 e. The van der Waals surface area contributed by atoms with Crippen molar-refractivity contribution >= 4 is 11.9 Å². The Hall–Kier alpha value is -2.02. The molecule has 0 unspecified atom stereocenters. The number of ether oxygens (including phenoxy) is 1. The van der Waals surface area contributed by atoms with E-state index in [4.69, 9.17) is 9.72 Å². The van der Waals surface area contributed by atoms with E-state index in [9.17, 15) is 9.59 Å². The molecule has 1 saturated carbocycles. The highest BCUT2D eigenvalue weighted by molar-refractivity contribution is 5.88. The maximum atomic E-state index is 13.6. The van der Waals surface area contributed by atoms with Crippen LogP contribution in [0.5, 0.6) is 0 Å². The average molecular weight is 384 g/mol. The molecule has 3 aliphatic heterocycles. The highest BCUT2D eigenvalue weighted by atomic mass is 16.6. The molecule has 1 N–H and O–H groups in total. The topological polar surface area (TPSA) is 84.4 Å². The third-order valence-electron chi connectivity index (χ3n) is 6.98. The van der Waals surface area contributed by atoms with Crippen LogP contribution in [0.2, 0.25) is 0 Å². The fraction of sp³-hybridized carbons (Fsp3) is 0.714. The maximum absolute atomic E-state index is 13.6. The van der Waals surface area contributed by atoms with Crippen molar-refractivity contribution in [1.82, 2.24) is 20.2 Å². The van der Waals surface area contributed by atoms with Gasteiger partial charge in [-0.1, -0.05) is 6.42 Å². The predicted molar refractivity (Wildman–Crippen MR) is 101 cm³/mol.